The fourth-order valence-electron chi connectivity index (χ4n) is 6.23. The molecule has 1 saturated carbocycles. The van der Waals surface area contributed by atoms with Gasteiger partial charge in [-0.3, -0.25) is 14.5 Å². The van der Waals surface area contributed by atoms with Crippen molar-refractivity contribution in [1.29, 1.82) is 0 Å². The summed E-state index contributed by atoms with van der Waals surface area (Å²) in [5.74, 6) is 3.18. The van der Waals surface area contributed by atoms with Crippen LogP contribution < -0.4 is 24.8 Å². The molecule has 1 aliphatic heterocycles. The van der Waals surface area contributed by atoms with Gasteiger partial charge in [-0.2, -0.15) is 5.10 Å². The Kier molecular flexibility index (Phi) is 10.3. The third-order valence-electron chi connectivity index (χ3n) is 9.30. The van der Waals surface area contributed by atoms with Crippen LogP contribution in [0.4, 0.5) is 11.6 Å². The van der Waals surface area contributed by atoms with E-state index in [2.05, 4.69) is 27.6 Å². The maximum Gasteiger partial charge on any atom is 0.256 e. The zero-order valence-electron chi connectivity index (χ0n) is 29.5. The number of methoxy groups -OCH3 is 2. The van der Waals surface area contributed by atoms with Crippen LogP contribution in [-0.2, 0) is 11.3 Å². The molecule has 2 amide bonds. The maximum absolute atomic E-state index is 13.0. The molecule has 268 valence electrons. The Labute approximate surface area is 302 Å². The zero-order chi connectivity index (χ0) is 36.0. The Morgan fingerprint density at radius 2 is 1.67 bits per heavy atom. The molecule has 2 N–H and O–H groups in total. The number of carbonyl (C=O) groups is 2. The van der Waals surface area contributed by atoms with Crippen molar-refractivity contribution in [3.05, 3.63) is 102 Å². The monoisotopic (exact) mass is 702 g/mol. The Morgan fingerprint density at radius 3 is 2.42 bits per heavy atom. The van der Waals surface area contributed by atoms with Crippen molar-refractivity contribution < 1.29 is 23.8 Å². The van der Waals surface area contributed by atoms with Crippen molar-refractivity contribution >= 4 is 34.5 Å². The number of hydrogen-bond acceptors (Lipinski definition) is 10. The first-order chi connectivity index (χ1) is 25.4. The van der Waals surface area contributed by atoms with Crippen molar-refractivity contribution in [2.45, 2.75) is 37.9 Å². The van der Waals surface area contributed by atoms with Gasteiger partial charge in [0.2, 0.25) is 5.91 Å². The molecule has 2 fully saturated rings. The van der Waals surface area contributed by atoms with E-state index in [4.69, 9.17) is 24.3 Å². The summed E-state index contributed by atoms with van der Waals surface area (Å²) in [7, 11) is 5.30. The van der Waals surface area contributed by atoms with Gasteiger partial charge in [0, 0.05) is 67.9 Å². The predicted octanol–water partition coefficient (Wildman–Crippen LogP) is 5.60. The average molecular weight is 703 g/mol. The number of likely N-dealkylation sites (tertiary alicyclic amines) is 1. The molecule has 13 heteroatoms. The van der Waals surface area contributed by atoms with Crippen LogP contribution in [-0.4, -0.2) is 94.3 Å². The maximum atomic E-state index is 13.0. The standard InChI is InChI=1S/C39H42N8O5/c1-45(29-10-11-29)21-4-5-35(48)46-22-18-28(25-46)42-37-36-33(17-20-41-38(36)47(44-37)24-26-6-12-30(50-2)13-7-26)52-31-14-8-27(9-15-31)39(49)43-34-23-32(51-3)16-19-40-34/h4-9,12-17,19-20,23,28-29H,10-11,18,21-22,24-25H2,1-3H3,(H,42,44)(H,40,43,49)/b5-4+/t28-/m1/s1. The fourth-order valence-corrected chi connectivity index (χ4v) is 6.23. The molecule has 1 saturated heterocycles. The number of pyridine rings is 2. The molecular weight excluding hydrogens is 660 g/mol. The second-order valence-electron chi connectivity index (χ2n) is 13.0. The molecule has 2 aliphatic rings. The van der Waals surface area contributed by atoms with Gasteiger partial charge in [0.05, 0.1) is 20.8 Å². The van der Waals surface area contributed by atoms with Crippen LogP contribution in [0.5, 0.6) is 23.0 Å². The number of nitrogens with one attached hydrogen (secondary N) is 2. The Hall–Kier alpha value is -5.95. The second-order valence-corrected chi connectivity index (χ2v) is 13.0. The lowest BCUT2D eigenvalue weighted by molar-refractivity contribution is -0.125. The number of hydrogen-bond donors (Lipinski definition) is 2. The Morgan fingerprint density at radius 1 is 0.923 bits per heavy atom. The van der Waals surface area contributed by atoms with Crippen molar-refractivity contribution in [1.82, 2.24) is 29.5 Å². The fraction of sp³-hybridized carbons (Fsp3) is 0.308. The van der Waals surface area contributed by atoms with Crippen molar-refractivity contribution in [3.8, 4) is 23.0 Å². The number of benzene rings is 2. The molecule has 0 radical (unpaired) electrons. The number of carbonyl (C=O) groups excluding carboxylic acids is 2. The third-order valence-corrected chi connectivity index (χ3v) is 9.30. The summed E-state index contributed by atoms with van der Waals surface area (Å²) in [6, 6.07) is 20.5. The minimum Gasteiger partial charge on any atom is -0.497 e. The van der Waals surface area contributed by atoms with Crippen LogP contribution in [0.15, 0.2) is 91.3 Å². The van der Waals surface area contributed by atoms with E-state index >= 15 is 0 Å². The molecule has 7 rings (SSSR count). The molecule has 13 nitrogen and oxygen atoms in total. The van der Waals surface area contributed by atoms with Crippen molar-refractivity contribution in [2.75, 3.05) is 51.5 Å². The molecular formula is C39H42N8O5. The number of aromatic nitrogens is 4. The summed E-state index contributed by atoms with van der Waals surface area (Å²) >= 11 is 0. The first-order valence-corrected chi connectivity index (χ1v) is 17.4. The number of amides is 2. The first kappa shape index (κ1) is 34.5. The lowest BCUT2D eigenvalue weighted by atomic mass is 10.2. The Bertz CT molecular complexity index is 2060. The van der Waals surface area contributed by atoms with Gasteiger partial charge in [-0.25, -0.2) is 14.6 Å². The lowest BCUT2D eigenvalue weighted by Crippen LogP contribution is -2.30. The highest BCUT2D eigenvalue weighted by molar-refractivity contribution is 6.04. The molecule has 52 heavy (non-hydrogen) atoms. The molecule has 0 spiro atoms. The van der Waals surface area contributed by atoms with Crippen LogP contribution in [0.2, 0.25) is 0 Å². The summed E-state index contributed by atoms with van der Waals surface area (Å²) in [5.41, 5.74) is 2.11. The van der Waals surface area contributed by atoms with Gasteiger partial charge < -0.3 is 29.7 Å². The number of likely N-dealkylation sites (N-methyl/N-ethyl adjacent to an activating group) is 1. The van der Waals surface area contributed by atoms with Gasteiger partial charge in [0.15, 0.2) is 11.5 Å². The third kappa shape index (κ3) is 8.16. The highest BCUT2D eigenvalue weighted by atomic mass is 16.5. The summed E-state index contributed by atoms with van der Waals surface area (Å²) < 4.78 is 18.8. The molecule has 1 atom stereocenters. The highest BCUT2D eigenvalue weighted by Gasteiger charge is 2.28. The minimum absolute atomic E-state index is 0.0102. The molecule has 2 aromatic carbocycles. The van der Waals surface area contributed by atoms with E-state index in [0.29, 0.717) is 65.8 Å². The van der Waals surface area contributed by atoms with Gasteiger partial charge >= 0.3 is 0 Å². The van der Waals surface area contributed by atoms with E-state index in [1.807, 2.05) is 39.9 Å². The topological polar surface area (TPSA) is 136 Å². The van der Waals surface area contributed by atoms with Crippen LogP contribution in [0.3, 0.4) is 0 Å². The number of anilines is 2. The normalized spacial score (nSPS) is 15.7. The summed E-state index contributed by atoms with van der Waals surface area (Å²) in [5, 5.41) is 12.1. The number of nitrogens with zero attached hydrogens (tertiary/aromatic N) is 6. The minimum atomic E-state index is -0.310. The summed E-state index contributed by atoms with van der Waals surface area (Å²) in [6.07, 6.45) is 10.2. The van der Waals surface area contributed by atoms with Gasteiger partial charge in [-0.15, -0.1) is 0 Å². The number of ether oxygens (including phenoxy) is 3. The number of rotatable bonds is 14. The highest BCUT2D eigenvalue weighted by Crippen LogP contribution is 2.35. The molecule has 1 aliphatic carbocycles. The molecule has 5 aromatic rings. The van der Waals surface area contributed by atoms with Crippen LogP contribution in [0, 0.1) is 0 Å². The quantitative estimate of drug-likeness (QED) is 0.141. The van der Waals surface area contributed by atoms with E-state index in [0.717, 1.165) is 29.7 Å². The van der Waals surface area contributed by atoms with Crippen molar-refractivity contribution in [3.63, 3.8) is 0 Å². The van der Waals surface area contributed by atoms with Gasteiger partial charge in [-0.1, -0.05) is 18.2 Å². The summed E-state index contributed by atoms with van der Waals surface area (Å²) in [4.78, 5) is 39.0. The zero-order valence-corrected chi connectivity index (χ0v) is 29.5. The molecule has 0 bridgehead atoms. The van der Waals surface area contributed by atoms with E-state index < -0.39 is 0 Å². The van der Waals surface area contributed by atoms with Gasteiger partial charge in [0.1, 0.15) is 34.2 Å². The second kappa shape index (κ2) is 15.5. The van der Waals surface area contributed by atoms with Gasteiger partial charge in [-0.05, 0) is 74.3 Å². The lowest BCUT2D eigenvalue weighted by Gasteiger charge is -2.16. The van der Waals surface area contributed by atoms with E-state index in [9.17, 15) is 9.59 Å². The van der Waals surface area contributed by atoms with Crippen LogP contribution >= 0.6 is 0 Å². The van der Waals surface area contributed by atoms with Crippen LogP contribution in [0.1, 0.15) is 35.2 Å². The average Bonchev–Trinajstić information content (AvgIpc) is 3.83. The van der Waals surface area contributed by atoms with Gasteiger partial charge in [0.25, 0.3) is 5.91 Å². The van der Waals surface area contributed by atoms with E-state index in [1.54, 1.807) is 75.2 Å². The van der Waals surface area contributed by atoms with Crippen LogP contribution in [0.25, 0.3) is 11.0 Å². The SMILES string of the molecule is COc1ccc(Cn2nc(N[C@@H]3CCN(C(=O)/C=C/CN(C)C4CC4)C3)c3c(Oc4ccc(C(=O)Nc5cc(OC)ccn5)cc4)ccnc32)cc1. The number of fused-ring (bicyclic) bond motifs is 1. The van der Waals surface area contributed by atoms with E-state index in [-0.39, 0.29) is 17.9 Å². The molecule has 4 heterocycles. The predicted molar refractivity (Wildman–Crippen MR) is 198 cm³/mol. The molecule has 0 unspecified atom stereocenters. The Balaban J connectivity index is 1.10. The smallest absolute Gasteiger partial charge is 0.256 e. The van der Waals surface area contributed by atoms with E-state index in [1.165, 1.54) is 12.8 Å². The molecule has 3 aromatic heterocycles. The summed E-state index contributed by atoms with van der Waals surface area (Å²) in [6.45, 7) is 2.45. The van der Waals surface area contributed by atoms with Crippen molar-refractivity contribution in [2.24, 2.45) is 0 Å². The first-order valence-electron chi connectivity index (χ1n) is 17.4. The largest absolute Gasteiger partial charge is 0.497 e.